The van der Waals surface area contributed by atoms with Crippen molar-refractivity contribution in [3.63, 3.8) is 0 Å². The summed E-state index contributed by atoms with van der Waals surface area (Å²) in [6.45, 7) is 6.86. The van der Waals surface area contributed by atoms with Crippen molar-refractivity contribution in [2.75, 3.05) is 6.61 Å². The minimum Gasteiger partial charge on any atom is -0.507 e. The van der Waals surface area contributed by atoms with E-state index in [1.165, 1.54) is 0 Å². The zero-order chi connectivity index (χ0) is 17.6. The third-order valence-electron chi connectivity index (χ3n) is 3.38. The first-order valence-electron chi connectivity index (χ1n) is 7.27. The van der Waals surface area contributed by atoms with E-state index in [2.05, 4.69) is 4.74 Å². The van der Waals surface area contributed by atoms with Gasteiger partial charge in [-0.05, 0) is 33.3 Å². The molecule has 0 aromatic carbocycles. The summed E-state index contributed by atoms with van der Waals surface area (Å²) < 4.78 is 4.69. The molecule has 5 heteroatoms. The van der Waals surface area contributed by atoms with Crippen LogP contribution < -0.4 is 0 Å². The van der Waals surface area contributed by atoms with Crippen molar-refractivity contribution in [3.05, 3.63) is 58.4 Å². The van der Waals surface area contributed by atoms with E-state index in [1.54, 1.807) is 19.1 Å². The van der Waals surface area contributed by atoms with Crippen molar-refractivity contribution in [2.24, 2.45) is 0 Å². The van der Waals surface area contributed by atoms with Crippen molar-refractivity contribution < 1.29 is 24.5 Å². The molecule has 2 N–H and O–H groups in total. The van der Waals surface area contributed by atoms with Gasteiger partial charge < -0.3 is 14.9 Å². The fraction of sp³-hybridized carbons (Fsp3) is 0.333. The smallest absolute Gasteiger partial charge is 0.346 e. The summed E-state index contributed by atoms with van der Waals surface area (Å²) in [7, 11) is 0. The lowest BCUT2D eigenvalue weighted by Crippen LogP contribution is -2.20. The SMILES string of the molecule is C/C=C(C)/C=C(C)/C=C/C=C(C)/C(O)=C1/C(=O)O[C@H](CO)C1=O. The van der Waals surface area contributed by atoms with E-state index in [4.69, 9.17) is 5.11 Å². The quantitative estimate of drug-likeness (QED) is 0.268. The molecule has 0 bridgehead atoms. The van der Waals surface area contributed by atoms with Gasteiger partial charge in [0.25, 0.3) is 0 Å². The van der Waals surface area contributed by atoms with E-state index in [1.807, 2.05) is 39.0 Å². The Balaban J connectivity index is 2.98. The van der Waals surface area contributed by atoms with Crippen LogP contribution in [0.15, 0.2) is 58.4 Å². The Morgan fingerprint density at radius 3 is 2.39 bits per heavy atom. The summed E-state index contributed by atoms with van der Waals surface area (Å²) in [6, 6.07) is 0. The highest BCUT2D eigenvalue weighted by Gasteiger charge is 2.40. The molecule has 124 valence electrons. The first-order valence-corrected chi connectivity index (χ1v) is 7.27. The highest BCUT2D eigenvalue weighted by Crippen LogP contribution is 2.22. The second-order valence-electron chi connectivity index (χ2n) is 5.29. The normalized spacial score (nSPS) is 22.8. The summed E-state index contributed by atoms with van der Waals surface area (Å²) >= 11 is 0. The first kappa shape index (κ1) is 18.6. The molecule has 1 rings (SSSR count). The van der Waals surface area contributed by atoms with Gasteiger partial charge in [0.1, 0.15) is 11.3 Å². The number of esters is 1. The van der Waals surface area contributed by atoms with Crippen molar-refractivity contribution in [3.8, 4) is 0 Å². The molecule has 0 unspecified atom stereocenters. The number of allylic oxidation sites excluding steroid dienone is 8. The zero-order valence-electron chi connectivity index (χ0n) is 13.8. The summed E-state index contributed by atoms with van der Waals surface area (Å²) in [4.78, 5) is 23.4. The predicted octanol–water partition coefficient (Wildman–Crippen LogP) is 2.70. The van der Waals surface area contributed by atoms with E-state index >= 15 is 0 Å². The number of ether oxygens (including phenoxy) is 1. The Morgan fingerprint density at radius 1 is 1.22 bits per heavy atom. The number of carbonyl (C=O) groups excluding carboxylic acids is 2. The van der Waals surface area contributed by atoms with Crippen LogP contribution in [0.5, 0.6) is 0 Å². The van der Waals surface area contributed by atoms with Crippen LogP contribution in [0.4, 0.5) is 0 Å². The molecule has 1 aliphatic rings. The van der Waals surface area contributed by atoms with E-state index < -0.39 is 35.8 Å². The van der Waals surface area contributed by atoms with Crippen LogP contribution in [-0.2, 0) is 14.3 Å². The molecule has 0 spiro atoms. The Labute approximate surface area is 136 Å². The monoisotopic (exact) mass is 318 g/mol. The van der Waals surface area contributed by atoms with Gasteiger partial charge in [-0.2, -0.15) is 0 Å². The van der Waals surface area contributed by atoms with Crippen molar-refractivity contribution in [1.29, 1.82) is 0 Å². The highest BCUT2D eigenvalue weighted by atomic mass is 16.6. The van der Waals surface area contributed by atoms with Crippen LogP contribution in [0.1, 0.15) is 27.7 Å². The van der Waals surface area contributed by atoms with E-state index in [0.29, 0.717) is 5.57 Å². The third-order valence-corrected chi connectivity index (χ3v) is 3.38. The second kappa shape index (κ2) is 8.29. The van der Waals surface area contributed by atoms with Crippen molar-refractivity contribution in [1.82, 2.24) is 0 Å². The van der Waals surface area contributed by atoms with Crippen LogP contribution >= 0.6 is 0 Å². The fourth-order valence-corrected chi connectivity index (χ4v) is 1.95. The van der Waals surface area contributed by atoms with Gasteiger partial charge >= 0.3 is 5.97 Å². The molecule has 23 heavy (non-hydrogen) atoms. The van der Waals surface area contributed by atoms with Gasteiger partial charge in [0.05, 0.1) is 6.61 Å². The molecule has 0 saturated carbocycles. The van der Waals surface area contributed by atoms with Gasteiger partial charge in [-0.15, -0.1) is 0 Å². The molecule has 1 heterocycles. The Hall–Kier alpha value is -2.40. The lowest BCUT2D eigenvalue weighted by Gasteiger charge is -2.01. The first-order chi connectivity index (χ1) is 10.8. The number of Topliss-reactive ketones (excluding diaryl/α,β-unsaturated/α-hetero) is 1. The number of aliphatic hydroxyl groups is 2. The molecule has 1 saturated heterocycles. The second-order valence-corrected chi connectivity index (χ2v) is 5.29. The molecular formula is C18H22O5. The number of rotatable bonds is 5. The summed E-state index contributed by atoms with van der Waals surface area (Å²) in [5, 5.41) is 19.0. The van der Waals surface area contributed by atoms with Gasteiger partial charge in [0.15, 0.2) is 6.10 Å². The fourth-order valence-electron chi connectivity index (χ4n) is 1.95. The minimum atomic E-state index is -1.23. The standard InChI is InChI=1S/C18H22O5/c1-5-11(2)9-12(3)7-6-8-13(4)16(20)15-17(21)14(10-19)23-18(15)22/h5-9,14,19-20H,10H2,1-4H3/b7-6+,11-5+,12-9+,13-8+,16-15-/t14-/m1/s1. The zero-order valence-corrected chi connectivity index (χ0v) is 13.8. The predicted molar refractivity (Wildman–Crippen MR) is 87.7 cm³/mol. The third kappa shape index (κ3) is 4.79. The molecule has 0 amide bonds. The van der Waals surface area contributed by atoms with Crippen LogP contribution in [-0.4, -0.2) is 34.7 Å². The number of cyclic esters (lactones) is 1. The van der Waals surface area contributed by atoms with Gasteiger partial charge in [-0.3, -0.25) is 4.79 Å². The highest BCUT2D eigenvalue weighted by molar-refractivity contribution is 6.24. The maximum atomic E-state index is 11.8. The maximum Gasteiger partial charge on any atom is 0.346 e. The Bertz CT molecular complexity index is 644. The molecule has 0 aromatic rings. The molecule has 1 atom stereocenters. The van der Waals surface area contributed by atoms with E-state index in [9.17, 15) is 14.7 Å². The van der Waals surface area contributed by atoms with Crippen molar-refractivity contribution in [2.45, 2.75) is 33.8 Å². The Morgan fingerprint density at radius 2 is 1.87 bits per heavy atom. The van der Waals surface area contributed by atoms with Crippen LogP contribution in [0, 0.1) is 0 Å². The molecular weight excluding hydrogens is 296 g/mol. The molecule has 0 aromatic heterocycles. The van der Waals surface area contributed by atoms with Gasteiger partial charge in [-0.25, -0.2) is 4.79 Å². The number of hydrogen-bond acceptors (Lipinski definition) is 5. The largest absolute Gasteiger partial charge is 0.507 e. The van der Waals surface area contributed by atoms with E-state index in [-0.39, 0.29) is 0 Å². The van der Waals surface area contributed by atoms with E-state index in [0.717, 1.165) is 11.1 Å². The lowest BCUT2D eigenvalue weighted by atomic mass is 10.0. The van der Waals surface area contributed by atoms with Gasteiger partial charge in [0.2, 0.25) is 5.78 Å². The van der Waals surface area contributed by atoms with Gasteiger partial charge in [-0.1, -0.05) is 41.5 Å². The number of carbonyl (C=O) groups is 2. The summed E-state index contributed by atoms with van der Waals surface area (Å²) in [5.41, 5.74) is 2.10. The molecule has 0 aliphatic carbocycles. The summed E-state index contributed by atoms with van der Waals surface area (Å²) in [6.07, 6.45) is 7.93. The topological polar surface area (TPSA) is 83.8 Å². The summed E-state index contributed by atoms with van der Waals surface area (Å²) in [5.74, 6) is -2.04. The average Bonchev–Trinajstić information content (AvgIpc) is 2.80. The number of aliphatic hydroxyl groups excluding tert-OH is 2. The minimum absolute atomic E-state index is 0.357. The van der Waals surface area contributed by atoms with Crippen LogP contribution in [0.25, 0.3) is 0 Å². The van der Waals surface area contributed by atoms with Crippen LogP contribution in [0.2, 0.25) is 0 Å². The Kier molecular flexibility index (Phi) is 6.72. The molecule has 1 fully saturated rings. The molecule has 0 radical (unpaired) electrons. The van der Waals surface area contributed by atoms with Crippen molar-refractivity contribution >= 4 is 11.8 Å². The number of hydrogen-bond donors (Lipinski definition) is 2. The van der Waals surface area contributed by atoms with Crippen LogP contribution in [0.3, 0.4) is 0 Å². The maximum absolute atomic E-state index is 11.8. The van der Waals surface area contributed by atoms with Gasteiger partial charge in [0, 0.05) is 0 Å². The lowest BCUT2D eigenvalue weighted by molar-refractivity contribution is -0.142. The molecule has 5 nitrogen and oxygen atoms in total. The number of ketones is 1. The average molecular weight is 318 g/mol. The molecule has 1 aliphatic heterocycles.